The van der Waals surface area contributed by atoms with E-state index in [-0.39, 0.29) is 23.5 Å². The van der Waals surface area contributed by atoms with Crippen molar-refractivity contribution in [1.29, 1.82) is 0 Å². The molecule has 0 aromatic heterocycles. The van der Waals surface area contributed by atoms with Crippen molar-refractivity contribution in [3.63, 3.8) is 0 Å². The predicted molar refractivity (Wildman–Crippen MR) is 62.6 cm³/mol. The van der Waals surface area contributed by atoms with Gasteiger partial charge in [0, 0.05) is 12.1 Å². The predicted octanol–water partition coefficient (Wildman–Crippen LogP) is 0.839. The molecule has 0 heterocycles. The molecule has 94 valence electrons. The number of rotatable bonds is 6. The third-order valence-corrected chi connectivity index (χ3v) is 3.36. The van der Waals surface area contributed by atoms with Gasteiger partial charge < -0.3 is 5.32 Å². The van der Waals surface area contributed by atoms with E-state index in [9.17, 15) is 13.2 Å². The van der Waals surface area contributed by atoms with Crippen LogP contribution in [-0.4, -0.2) is 31.2 Å². The molecule has 0 aromatic rings. The minimum Gasteiger partial charge on any atom is -0.352 e. The number of hydrogen-bond donors (Lipinski definition) is 2. The molecule has 0 radical (unpaired) electrons. The highest BCUT2D eigenvalue weighted by Crippen LogP contribution is 2.12. The van der Waals surface area contributed by atoms with E-state index >= 15 is 0 Å². The third kappa shape index (κ3) is 6.58. The van der Waals surface area contributed by atoms with Gasteiger partial charge in [-0.1, -0.05) is 20.4 Å². The number of amides is 1. The molecule has 5 nitrogen and oxygen atoms in total. The number of nitrogens with one attached hydrogen (secondary N) is 1. The first kappa shape index (κ1) is 15.1. The van der Waals surface area contributed by atoms with Crippen LogP contribution in [0.2, 0.25) is 0 Å². The van der Waals surface area contributed by atoms with Crippen molar-refractivity contribution in [3.8, 4) is 0 Å². The monoisotopic (exact) mass is 249 g/mol. The Hall–Kier alpha value is -0.880. The topological polar surface area (TPSA) is 83.5 Å². The van der Waals surface area contributed by atoms with E-state index in [2.05, 4.69) is 11.9 Å². The fourth-order valence-electron chi connectivity index (χ4n) is 1.10. The Bertz CT molecular complexity index is 361. The fourth-order valence-corrected chi connectivity index (χ4v) is 2.10. The van der Waals surface area contributed by atoms with Gasteiger partial charge in [0.05, 0.1) is 5.75 Å². The minimum atomic E-state index is -3.95. The number of carbonyl (C=O) groups is 1. The smallest absolute Gasteiger partial charge is 0.265 e. The maximum Gasteiger partial charge on any atom is 0.265 e. The first-order valence-corrected chi connectivity index (χ1v) is 6.63. The Morgan fingerprint density at radius 1 is 1.38 bits per heavy atom. The second-order valence-corrected chi connectivity index (χ2v) is 5.69. The van der Waals surface area contributed by atoms with E-state index in [1.807, 2.05) is 6.92 Å². The molecule has 0 aromatic carbocycles. The van der Waals surface area contributed by atoms with Crippen molar-refractivity contribution in [1.82, 2.24) is 5.32 Å². The van der Waals surface area contributed by atoms with Crippen LogP contribution in [-0.2, 0) is 14.9 Å². The summed E-state index contributed by atoms with van der Waals surface area (Å²) < 4.78 is 30.0. The van der Waals surface area contributed by atoms with Crippen LogP contribution in [0, 0.1) is 11.8 Å². The molecule has 0 spiro atoms. The van der Waals surface area contributed by atoms with Crippen molar-refractivity contribution in [2.24, 2.45) is 11.8 Å². The summed E-state index contributed by atoms with van der Waals surface area (Å²) in [7, 11) is -3.95. The van der Waals surface area contributed by atoms with Crippen molar-refractivity contribution >= 4 is 16.0 Å². The second-order valence-electron chi connectivity index (χ2n) is 4.19. The first-order chi connectivity index (χ1) is 7.13. The van der Waals surface area contributed by atoms with Crippen LogP contribution < -0.4 is 5.32 Å². The molecule has 16 heavy (non-hydrogen) atoms. The van der Waals surface area contributed by atoms with E-state index < -0.39 is 10.1 Å². The molecular weight excluding hydrogens is 230 g/mol. The van der Waals surface area contributed by atoms with Crippen LogP contribution in [0.3, 0.4) is 0 Å². The molecule has 0 saturated heterocycles. The van der Waals surface area contributed by atoms with Gasteiger partial charge >= 0.3 is 0 Å². The Morgan fingerprint density at radius 3 is 2.25 bits per heavy atom. The lowest BCUT2D eigenvalue weighted by Gasteiger charge is -2.18. The van der Waals surface area contributed by atoms with Crippen LogP contribution in [0.5, 0.6) is 0 Å². The summed E-state index contributed by atoms with van der Waals surface area (Å²) in [5.41, 5.74) is 0.412. The number of carbonyl (C=O) groups excluding carboxylic acids is 1. The van der Waals surface area contributed by atoms with Crippen molar-refractivity contribution in [2.75, 3.05) is 12.3 Å². The molecule has 0 fully saturated rings. The van der Waals surface area contributed by atoms with Gasteiger partial charge in [0.1, 0.15) is 0 Å². The summed E-state index contributed by atoms with van der Waals surface area (Å²) in [5, 5.41) is 2.63. The normalized spacial score (nSPS) is 15.2. The van der Waals surface area contributed by atoms with Crippen LogP contribution in [0.4, 0.5) is 0 Å². The fraction of sp³-hybridized carbons (Fsp3) is 0.700. The number of hydrogen-bond acceptors (Lipinski definition) is 3. The SMILES string of the molecule is C=C(C)C(=O)NCC(C)C(C)CS(=O)(=O)O. The van der Waals surface area contributed by atoms with Gasteiger partial charge in [-0.3, -0.25) is 9.35 Å². The standard InChI is InChI=1S/C10H19NO4S/c1-7(2)10(12)11-5-8(3)9(4)6-16(13,14)15/h8-9H,1,5-6H2,2-4H3,(H,11,12)(H,13,14,15). The molecule has 2 N–H and O–H groups in total. The van der Waals surface area contributed by atoms with E-state index in [0.29, 0.717) is 12.1 Å². The molecule has 0 aliphatic carbocycles. The molecular formula is C10H19NO4S. The zero-order chi connectivity index (χ0) is 12.9. The molecule has 0 bridgehead atoms. The van der Waals surface area contributed by atoms with Gasteiger partial charge in [0.2, 0.25) is 5.91 Å². The van der Waals surface area contributed by atoms with Crippen molar-refractivity contribution in [2.45, 2.75) is 20.8 Å². The van der Waals surface area contributed by atoms with Crippen LogP contribution in [0.15, 0.2) is 12.2 Å². The average Bonchev–Trinajstić information content (AvgIpc) is 2.10. The highest BCUT2D eigenvalue weighted by Gasteiger charge is 2.19. The molecule has 0 aliphatic heterocycles. The molecule has 6 heteroatoms. The average molecular weight is 249 g/mol. The molecule has 2 atom stereocenters. The largest absolute Gasteiger partial charge is 0.352 e. The molecule has 0 rings (SSSR count). The quantitative estimate of drug-likeness (QED) is 0.539. The summed E-state index contributed by atoms with van der Waals surface area (Å²) in [6.07, 6.45) is 0. The zero-order valence-electron chi connectivity index (χ0n) is 9.86. The van der Waals surface area contributed by atoms with Gasteiger partial charge in [-0.2, -0.15) is 8.42 Å². The van der Waals surface area contributed by atoms with Gasteiger partial charge in [-0.15, -0.1) is 0 Å². The van der Waals surface area contributed by atoms with Crippen LogP contribution in [0.1, 0.15) is 20.8 Å². The molecule has 0 aliphatic rings. The van der Waals surface area contributed by atoms with Crippen molar-refractivity contribution in [3.05, 3.63) is 12.2 Å². The summed E-state index contributed by atoms with van der Waals surface area (Å²) in [6.45, 7) is 8.98. The Labute approximate surface area is 96.7 Å². The van der Waals surface area contributed by atoms with Crippen molar-refractivity contribution < 1.29 is 17.8 Å². The highest BCUT2D eigenvalue weighted by atomic mass is 32.2. The molecule has 2 unspecified atom stereocenters. The van der Waals surface area contributed by atoms with Crippen LogP contribution >= 0.6 is 0 Å². The first-order valence-electron chi connectivity index (χ1n) is 5.02. The van der Waals surface area contributed by atoms with E-state index in [4.69, 9.17) is 4.55 Å². The zero-order valence-corrected chi connectivity index (χ0v) is 10.7. The van der Waals surface area contributed by atoms with E-state index in [1.54, 1.807) is 13.8 Å². The highest BCUT2D eigenvalue weighted by molar-refractivity contribution is 7.85. The summed E-state index contributed by atoms with van der Waals surface area (Å²) in [4.78, 5) is 11.2. The lowest BCUT2D eigenvalue weighted by Crippen LogP contribution is -2.32. The van der Waals surface area contributed by atoms with E-state index in [1.165, 1.54) is 0 Å². The van der Waals surface area contributed by atoms with Gasteiger partial charge in [-0.25, -0.2) is 0 Å². The second kappa shape index (κ2) is 6.00. The summed E-state index contributed by atoms with van der Waals surface area (Å²) in [5.74, 6) is -0.798. The Balaban J connectivity index is 4.12. The molecule has 0 saturated carbocycles. The minimum absolute atomic E-state index is 0.0368. The lowest BCUT2D eigenvalue weighted by atomic mass is 9.98. The maximum atomic E-state index is 11.2. The Kier molecular flexibility index (Phi) is 5.67. The summed E-state index contributed by atoms with van der Waals surface area (Å²) in [6, 6.07) is 0. The van der Waals surface area contributed by atoms with Gasteiger partial charge in [0.15, 0.2) is 0 Å². The Morgan fingerprint density at radius 2 is 1.88 bits per heavy atom. The molecule has 1 amide bonds. The third-order valence-electron chi connectivity index (χ3n) is 2.42. The maximum absolute atomic E-state index is 11.2. The van der Waals surface area contributed by atoms with Crippen LogP contribution in [0.25, 0.3) is 0 Å². The van der Waals surface area contributed by atoms with E-state index in [0.717, 1.165) is 0 Å². The summed E-state index contributed by atoms with van der Waals surface area (Å²) >= 11 is 0. The van der Waals surface area contributed by atoms with Gasteiger partial charge in [0.25, 0.3) is 10.1 Å². The van der Waals surface area contributed by atoms with Gasteiger partial charge in [-0.05, 0) is 18.8 Å². The lowest BCUT2D eigenvalue weighted by molar-refractivity contribution is -0.117.